The number of ketones is 1. The van der Waals surface area contributed by atoms with E-state index in [1.807, 2.05) is 0 Å². The van der Waals surface area contributed by atoms with E-state index in [0.717, 1.165) is 24.3 Å². The minimum atomic E-state index is -1.47. The average Bonchev–Trinajstić information content (AvgIpc) is 2.77. The Labute approximate surface area is 186 Å². The van der Waals surface area contributed by atoms with Crippen molar-refractivity contribution in [2.45, 2.75) is 13.0 Å². The molecule has 1 unspecified atom stereocenters. The molecular weight excluding hydrogens is 439 g/mol. The van der Waals surface area contributed by atoms with Gasteiger partial charge in [0.25, 0.3) is 0 Å². The van der Waals surface area contributed by atoms with Gasteiger partial charge in [-0.2, -0.15) is 0 Å². The average molecular weight is 457 g/mol. The third-order valence-electron chi connectivity index (χ3n) is 4.39. The van der Waals surface area contributed by atoms with E-state index in [-0.39, 0.29) is 11.3 Å². The number of hydrogen-bond acceptors (Lipinski definition) is 5. The predicted octanol–water partition coefficient (Wildman–Crippen LogP) is 4.61. The van der Waals surface area contributed by atoms with Gasteiger partial charge in [0.2, 0.25) is 17.8 Å². The van der Waals surface area contributed by atoms with Crippen LogP contribution in [-0.4, -0.2) is 24.3 Å². The molecule has 1 N–H and O–H groups in total. The van der Waals surface area contributed by atoms with Gasteiger partial charge in [-0.15, -0.1) is 0 Å². The zero-order chi connectivity index (χ0) is 24.0. The lowest BCUT2D eigenvalue weighted by Crippen LogP contribution is -2.24. The van der Waals surface area contributed by atoms with Crippen molar-refractivity contribution in [1.82, 2.24) is 0 Å². The van der Waals surface area contributed by atoms with Gasteiger partial charge in [0.15, 0.2) is 18.2 Å². The van der Waals surface area contributed by atoms with Crippen molar-refractivity contribution in [2.24, 2.45) is 0 Å². The first-order valence-electron chi connectivity index (χ1n) is 9.68. The van der Waals surface area contributed by atoms with Crippen LogP contribution in [0.1, 0.15) is 28.9 Å². The van der Waals surface area contributed by atoms with Crippen LogP contribution in [0.4, 0.5) is 18.9 Å². The molecule has 0 fully saturated rings. The first kappa shape index (κ1) is 23.5. The minimum absolute atomic E-state index is 0.160. The Morgan fingerprint density at radius 3 is 2.27 bits per heavy atom. The molecule has 0 aliphatic rings. The highest BCUT2D eigenvalue weighted by Crippen LogP contribution is 2.26. The van der Waals surface area contributed by atoms with Crippen LogP contribution < -0.4 is 10.1 Å². The van der Waals surface area contributed by atoms with E-state index in [0.29, 0.717) is 11.6 Å². The second-order valence-corrected chi connectivity index (χ2v) is 6.89. The van der Waals surface area contributed by atoms with Crippen molar-refractivity contribution in [1.29, 1.82) is 0 Å². The number of halogens is 3. The number of esters is 1. The van der Waals surface area contributed by atoms with Crippen LogP contribution in [0.5, 0.6) is 5.75 Å². The summed E-state index contributed by atoms with van der Waals surface area (Å²) in [5, 5.41) is 2.38. The molecule has 0 saturated carbocycles. The number of amides is 1. The van der Waals surface area contributed by atoms with Gasteiger partial charge in [0.05, 0.1) is 5.56 Å². The molecule has 1 amide bonds. The Bertz CT molecular complexity index is 1180. The van der Waals surface area contributed by atoms with Gasteiger partial charge in [0, 0.05) is 24.2 Å². The number of rotatable bonds is 8. The summed E-state index contributed by atoms with van der Waals surface area (Å²) < 4.78 is 51.9. The maximum absolute atomic E-state index is 14.3. The first-order valence-corrected chi connectivity index (χ1v) is 9.68. The summed E-state index contributed by atoms with van der Waals surface area (Å²) >= 11 is 0. The molecule has 0 bridgehead atoms. The Balaban J connectivity index is 1.74. The number of hydrogen-bond donors (Lipinski definition) is 1. The molecule has 0 heterocycles. The van der Waals surface area contributed by atoms with Crippen LogP contribution in [0.2, 0.25) is 0 Å². The number of Topliss-reactive ketones (excluding diaryl/α,β-unsaturated/α-hetero) is 1. The molecular formula is C24H18F3NO5. The first-order chi connectivity index (χ1) is 15.7. The van der Waals surface area contributed by atoms with Gasteiger partial charge < -0.3 is 14.8 Å². The number of carbonyl (C=O) groups excluding carboxylic acids is 3. The summed E-state index contributed by atoms with van der Waals surface area (Å²) in [7, 11) is 0. The second-order valence-electron chi connectivity index (χ2n) is 6.89. The monoisotopic (exact) mass is 457 g/mol. The van der Waals surface area contributed by atoms with Crippen molar-refractivity contribution in [3.05, 3.63) is 95.3 Å². The summed E-state index contributed by atoms with van der Waals surface area (Å²) in [5.41, 5.74) is 0.107. The summed E-state index contributed by atoms with van der Waals surface area (Å²) in [5.74, 6) is -5.44. The van der Waals surface area contributed by atoms with E-state index in [4.69, 9.17) is 9.47 Å². The van der Waals surface area contributed by atoms with E-state index >= 15 is 0 Å². The Hall–Kier alpha value is -4.14. The molecule has 1 atom stereocenters. The highest BCUT2D eigenvalue weighted by atomic mass is 19.1. The van der Waals surface area contributed by atoms with Crippen LogP contribution in [0.25, 0.3) is 0 Å². The fourth-order valence-electron chi connectivity index (χ4n) is 2.89. The summed E-state index contributed by atoms with van der Waals surface area (Å²) in [4.78, 5) is 36.1. The Morgan fingerprint density at radius 1 is 0.909 bits per heavy atom. The molecule has 0 aliphatic heterocycles. The van der Waals surface area contributed by atoms with Gasteiger partial charge in [-0.25, -0.2) is 18.0 Å². The van der Waals surface area contributed by atoms with Crippen molar-refractivity contribution < 1.29 is 37.0 Å². The number of benzene rings is 3. The maximum Gasteiger partial charge on any atom is 0.352 e. The standard InChI is InChI=1S/C24H18F3NO5/c1-14(29)28-17-8-9-18(19(26)12-17)21(30)13-32-24(31)23(15-5-3-2-4-6-15)33-22-10-7-16(25)11-20(22)27/h2-12,23H,13H2,1H3,(H,28,29). The highest BCUT2D eigenvalue weighted by molar-refractivity contribution is 5.99. The SMILES string of the molecule is CC(=O)Nc1ccc(C(=O)COC(=O)C(Oc2ccc(F)cc2F)c2ccccc2)c(F)c1. The molecule has 0 aromatic heterocycles. The molecule has 9 heteroatoms. The van der Waals surface area contributed by atoms with Crippen LogP contribution in [0.3, 0.4) is 0 Å². The van der Waals surface area contributed by atoms with Crippen LogP contribution in [-0.2, 0) is 14.3 Å². The molecule has 3 aromatic rings. The van der Waals surface area contributed by atoms with Gasteiger partial charge in [-0.3, -0.25) is 9.59 Å². The predicted molar refractivity (Wildman–Crippen MR) is 112 cm³/mol. The van der Waals surface area contributed by atoms with Crippen molar-refractivity contribution in [3.8, 4) is 5.75 Å². The van der Waals surface area contributed by atoms with Crippen molar-refractivity contribution >= 4 is 23.3 Å². The lowest BCUT2D eigenvalue weighted by molar-refractivity contribution is -0.151. The van der Waals surface area contributed by atoms with Gasteiger partial charge in [-0.1, -0.05) is 30.3 Å². The number of carbonyl (C=O) groups is 3. The van der Waals surface area contributed by atoms with Crippen LogP contribution >= 0.6 is 0 Å². The van der Waals surface area contributed by atoms with Gasteiger partial charge in [-0.05, 0) is 30.3 Å². The summed E-state index contributed by atoms with van der Waals surface area (Å²) in [6.45, 7) is 0.438. The smallest absolute Gasteiger partial charge is 0.352 e. The summed E-state index contributed by atoms with van der Waals surface area (Å²) in [6.07, 6.45) is -1.47. The lowest BCUT2D eigenvalue weighted by Gasteiger charge is -2.18. The molecule has 3 aromatic carbocycles. The minimum Gasteiger partial charge on any atom is -0.471 e. The van der Waals surface area contributed by atoms with E-state index < -0.39 is 53.6 Å². The molecule has 0 aliphatic carbocycles. The molecule has 170 valence electrons. The zero-order valence-electron chi connectivity index (χ0n) is 17.3. The topological polar surface area (TPSA) is 81.7 Å². The van der Waals surface area contributed by atoms with Gasteiger partial charge in [0.1, 0.15) is 11.6 Å². The molecule has 33 heavy (non-hydrogen) atoms. The van der Waals surface area contributed by atoms with Crippen molar-refractivity contribution in [3.63, 3.8) is 0 Å². The van der Waals surface area contributed by atoms with E-state index in [9.17, 15) is 27.6 Å². The highest BCUT2D eigenvalue weighted by Gasteiger charge is 2.27. The molecule has 6 nitrogen and oxygen atoms in total. The van der Waals surface area contributed by atoms with Gasteiger partial charge >= 0.3 is 5.97 Å². The largest absolute Gasteiger partial charge is 0.471 e. The quantitative estimate of drug-likeness (QED) is 0.395. The Kier molecular flexibility index (Phi) is 7.45. The molecule has 0 saturated heterocycles. The Morgan fingerprint density at radius 2 is 1.64 bits per heavy atom. The van der Waals surface area contributed by atoms with Crippen molar-refractivity contribution in [2.75, 3.05) is 11.9 Å². The van der Waals surface area contributed by atoms with E-state index in [2.05, 4.69) is 5.32 Å². The third-order valence-corrected chi connectivity index (χ3v) is 4.39. The zero-order valence-corrected chi connectivity index (χ0v) is 17.3. The number of ether oxygens (including phenoxy) is 2. The van der Waals surface area contributed by atoms with Crippen LogP contribution in [0, 0.1) is 17.5 Å². The fraction of sp³-hybridized carbons (Fsp3) is 0.125. The second kappa shape index (κ2) is 10.4. The number of nitrogens with one attached hydrogen (secondary N) is 1. The lowest BCUT2D eigenvalue weighted by atomic mass is 10.1. The fourth-order valence-corrected chi connectivity index (χ4v) is 2.89. The maximum atomic E-state index is 14.3. The normalized spacial score (nSPS) is 11.4. The number of anilines is 1. The third kappa shape index (κ3) is 6.19. The molecule has 3 rings (SSSR count). The summed E-state index contributed by atoms with van der Waals surface area (Å²) in [6, 6.07) is 14.0. The molecule has 0 spiro atoms. The van der Waals surface area contributed by atoms with E-state index in [1.54, 1.807) is 18.2 Å². The van der Waals surface area contributed by atoms with E-state index in [1.165, 1.54) is 25.1 Å². The van der Waals surface area contributed by atoms with Crippen LogP contribution in [0.15, 0.2) is 66.7 Å². The molecule has 0 radical (unpaired) electrons.